The van der Waals surface area contributed by atoms with Crippen LogP contribution < -0.4 is 16.0 Å². The first kappa shape index (κ1) is 24.7. The maximum absolute atomic E-state index is 11.0. The van der Waals surface area contributed by atoms with Gasteiger partial charge in [0.2, 0.25) is 0 Å². The summed E-state index contributed by atoms with van der Waals surface area (Å²) in [6, 6.07) is 10.3. The van der Waals surface area contributed by atoms with Crippen LogP contribution in [-0.4, -0.2) is 43.7 Å². The Bertz CT molecular complexity index is 740. The number of guanidine groups is 1. The van der Waals surface area contributed by atoms with E-state index in [-0.39, 0.29) is 29.7 Å². The Morgan fingerprint density at radius 3 is 2.76 bits per heavy atom. The Morgan fingerprint density at radius 2 is 2.03 bits per heavy atom. The Balaban J connectivity index is 0.00000420. The summed E-state index contributed by atoms with van der Waals surface area (Å²) < 4.78 is 10.7. The summed E-state index contributed by atoms with van der Waals surface area (Å²) in [5.74, 6) is 1.52. The van der Waals surface area contributed by atoms with Gasteiger partial charge in [0.1, 0.15) is 18.1 Å². The van der Waals surface area contributed by atoms with Crippen LogP contribution in [0.2, 0.25) is 0 Å². The fourth-order valence-electron chi connectivity index (χ4n) is 2.43. The quantitative estimate of drug-likeness (QED) is 0.0988. The van der Waals surface area contributed by atoms with E-state index in [1.165, 1.54) is 6.07 Å². The molecule has 0 unspecified atom stereocenters. The van der Waals surface area contributed by atoms with Crippen molar-refractivity contribution >= 4 is 41.3 Å². The molecule has 0 amide bonds. The van der Waals surface area contributed by atoms with Crippen LogP contribution in [0.15, 0.2) is 52.1 Å². The second-order valence-electron chi connectivity index (χ2n) is 5.87. The molecule has 1 heterocycles. The number of furan rings is 1. The lowest BCUT2D eigenvalue weighted by Gasteiger charge is -2.12. The number of nitro benzene ring substituents is 1. The molecule has 0 bridgehead atoms. The number of benzene rings is 1. The van der Waals surface area contributed by atoms with Crippen molar-refractivity contribution in [2.45, 2.75) is 20.0 Å². The summed E-state index contributed by atoms with van der Waals surface area (Å²) in [6.45, 7) is 5.54. The van der Waals surface area contributed by atoms with Crippen LogP contribution in [0.25, 0.3) is 0 Å². The highest BCUT2D eigenvalue weighted by molar-refractivity contribution is 14.0. The first-order valence-electron chi connectivity index (χ1n) is 9.30. The smallest absolute Gasteiger partial charge is 0.292 e. The summed E-state index contributed by atoms with van der Waals surface area (Å²) in [5, 5.41) is 20.5. The number of hydrogen-bond acceptors (Lipinski definition) is 6. The third-order valence-electron chi connectivity index (χ3n) is 3.72. The maximum atomic E-state index is 11.0. The molecule has 0 aliphatic rings. The molecule has 0 atom stereocenters. The summed E-state index contributed by atoms with van der Waals surface area (Å²) >= 11 is 0. The van der Waals surface area contributed by atoms with E-state index in [1.54, 1.807) is 24.5 Å². The third-order valence-corrected chi connectivity index (χ3v) is 3.72. The normalized spacial score (nSPS) is 10.9. The predicted molar refractivity (Wildman–Crippen MR) is 124 cm³/mol. The topological polar surface area (TPSA) is 114 Å². The molecule has 0 radical (unpaired) electrons. The minimum Gasteiger partial charge on any atom is -0.467 e. The van der Waals surface area contributed by atoms with Gasteiger partial charge in [0.05, 0.1) is 11.2 Å². The van der Waals surface area contributed by atoms with Gasteiger partial charge in [-0.2, -0.15) is 0 Å². The Kier molecular flexibility index (Phi) is 12.5. The molecule has 0 spiro atoms. The van der Waals surface area contributed by atoms with Gasteiger partial charge >= 0.3 is 0 Å². The SMILES string of the molecule is CCNC(=NCCCOCc1ccco1)NCCNc1ccccc1[N+](=O)[O-].I. The van der Waals surface area contributed by atoms with Crippen LogP contribution in [0.1, 0.15) is 19.1 Å². The summed E-state index contributed by atoms with van der Waals surface area (Å²) in [7, 11) is 0. The van der Waals surface area contributed by atoms with Gasteiger partial charge in [-0.15, -0.1) is 24.0 Å². The largest absolute Gasteiger partial charge is 0.467 e. The summed E-state index contributed by atoms with van der Waals surface area (Å²) in [4.78, 5) is 15.1. The number of halogens is 1. The molecular weight excluding hydrogens is 489 g/mol. The van der Waals surface area contributed by atoms with Crippen molar-refractivity contribution in [3.63, 3.8) is 0 Å². The van der Waals surface area contributed by atoms with Crippen molar-refractivity contribution in [3.8, 4) is 0 Å². The number of nitrogens with zero attached hydrogens (tertiary/aromatic N) is 2. The molecule has 9 nitrogen and oxygen atoms in total. The van der Waals surface area contributed by atoms with E-state index in [1.807, 2.05) is 19.1 Å². The minimum absolute atomic E-state index is 0. The number of nitro groups is 1. The fraction of sp³-hybridized carbons (Fsp3) is 0.421. The monoisotopic (exact) mass is 517 g/mol. The molecule has 3 N–H and O–H groups in total. The van der Waals surface area contributed by atoms with Gasteiger partial charge in [0, 0.05) is 38.9 Å². The van der Waals surface area contributed by atoms with Crippen LogP contribution in [-0.2, 0) is 11.3 Å². The van der Waals surface area contributed by atoms with Gasteiger partial charge < -0.3 is 25.1 Å². The number of hydrogen-bond donors (Lipinski definition) is 3. The van der Waals surface area contributed by atoms with E-state index >= 15 is 0 Å². The number of anilines is 1. The second-order valence-corrected chi connectivity index (χ2v) is 5.87. The average Bonchev–Trinajstić information content (AvgIpc) is 3.21. The van der Waals surface area contributed by atoms with Crippen molar-refractivity contribution in [1.29, 1.82) is 0 Å². The molecule has 2 aromatic rings. The molecule has 160 valence electrons. The van der Waals surface area contributed by atoms with Crippen LogP contribution in [0, 0.1) is 10.1 Å². The predicted octanol–water partition coefficient (Wildman–Crippen LogP) is 3.38. The molecule has 0 saturated carbocycles. The van der Waals surface area contributed by atoms with E-state index < -0.39 is 4.92 Å². The molecule has 1 aromatic heterocycles. The van der Waals surface area contributed by atoms with Crippen molar-refractivity contribution in [2.24, 2.45) is 4.99 Å². The van der Waals surface area contributed by atoms with Gasteiger partial charge in [-0.05, 0) is 31.5 Å². The van der Waals surface area contributed by atoms with Crippen molar-refractivity contribution < 1.29 is 14.1 Å². The minimum atomic E-state index is -0.394. The van der Waals surface area contributed by atoms with Gasteiger partial charge in [0.25, 0.3) is 5.69 Å². The number of aliphatic imine (C=N–C) groups is 1. The first-order chi connectivity index (χ1) is 13.7. The molecular formula is C19H28IN5O4. The number of para-hydroxylation sites is 2. The van der Waals surface area contributed by atoms with Crippen molar-refractivity contribution in [2.75, 3.05) is 38.1 Å². The lowest BCUT2D eigenvalue weighted by molar-refractivity contribution is -0.384. The molecule has 0 aliphatic carbocycles. The highest BCUT2D eigenvalue weighted by atomic mass is 127. The lowest BCUT2D eigenvalue weighted by Crippen LogP contribution is -2.39. The maximum Gasteiger partial charge on any atom is 0.292 e. The lowest BCUT2D eigenvalue weighted by atomic mass is 10.2. The van der Waals surface area contributed by atoms with Crippen LogP contribution >= 0.6 is 24.0 Å². The van der Waals surface area contributed by atoms with Crippen LogP contribution in [0.3, 0.4) is 0 Å². The molecule has 29 heavy (non-hydrogen) atoms. The standard InChI is InChI=1S/C19H27N5O4.HI/c1-2-20-19(22-10-6-13-27-15-16-7-5-14-28-16)23-12-11-21-17-8-3-4-9-18(17)24(25)26;/h3-5,7-9,14,21H,2,6,10-13,15H2,1H3,(H2,20,22,23);1H. The van der Waals surface area contributed by atoms with Crippen molar-refractivity contribution in [3.05, 3.63) is 58.5 Å². The average molecular weight is 517 g/mol. The molecule has 1 aromatic carbocycles. The van der Waals surface area contributed by atoms with Crippen molar-refractivity contribution in [1.82, 2.24) is 10.6 Å². The Labute approximate surface area is 187 Å². The number of rotatable bonds is 12. The van der Waals surface area contributed by atoms with E-state index in [9.17, 15) is 10.1 Å². The van der Waals surface area contributed by atoms with Gasteiger partial charge in [0.15, 0.2) is 5.96 Å². The van der Waals surface area contributed by atoms with E-state index in [0.29, 0.717) is 44.5 Å². The Morgan fingerprint density at radius 1 is 1.21 bits per heavy atom. The first-order valence-corrected chi connectivity index (χ1v) is 9.30. The molecule has 2 rings (SSSR count). The zero-order chi connectivity index (χ0) is 20.0. The van der Waals surface area contributed by atoms with E-state index in [2.05, 4.69) is 20.9 Å². The number of nitrogens with one attached hydrogen (secondary N) is 3. The molecule has 10 heteroatoms. The highest BCUT2D eigenvalue weighted by Gasteiger charge is 2.11. The number of ether oxygens (including phenoxy) is 1. The zero-order valence-electron chi connectivity index (χ0n) is 16.4. The molecule has 0 fully saturated rings. The summed E-state index contributed by atoms with van der Waals surface area (Å²) in [5.41, 5.74) is 0.572. The third kappa shape index (κ3) is 9.61. The van der Waals surface area contributed by atoms with Gasteiger partial charge in [-0.25, -0.2) is 0 Å². The Hall–Kier alpha value is -2.34. The summed E-state index contributed by atoms with van der Waals surface area (Å²) in [6.07, 6.45) is 2.42. The molecule has 0 aliphatic heterocycles. The molecule has 0 saturated heterocycles. The van der Waals surface area contributed by atoms with Crippen LogP contribution in [0.5, 0.6) is 0 Å². The van der Waals surface area contributed by atoms with Gasteiger partial charge in [-0.1, -0.05) is 12.1 Å². The second kappa shape index (κ2) is 14.6. The van der Waals surface area contributed by atoms with Gasteiger partial charge in [-0.3, -0.25) is 15.1 Å². The highest BCUT2D eigenvalue weighted by Crippen LogP contribution is 2.22. The fourth-order valence-corrected chi connectivity index (χ4v) is 2.43. The van der Waals surface area contributed by atoms with E-state index in [4.69, 9.17) is 9.15 Å². The van der Waals surface area contributed by atoms with Crippen LogP contribution in [0.4, 0.5) is 11.4 Å². The zero-order valence-corrected chi connectivity index (χ0v) is 18.8. The van der Waals surface area contributed by atoms with E-state index in [0.717, 1.165) is 18.7 Å².